The second kappa shape index (κ2) is 10.7. The number of hydrogen-bond acceptors (Lipinski definition) is 4. The molecule has 1 atom stereocenters. The van der Waals surface area contributed by atoms with E-state index in [9.17, 15) is 18.0 Å². The molecule has 184 valence electrons. The van der Waals surface area contributed by atoms with Crippen molar-refractivity contribution in [1.29, 1.82) is 0 Å². The quantitative estimate of drug-likeness (QED) is 0.374. The summed E-state index contributed by atoms with van der Waals surface area (Å²) in [4.78, 5) is 24.9. The van der Waals surface area contributed by atoms with Gasteiger partial charge >= 0.3 is 6.03 Å². The molecule has 0 saturated carbocycles. The van der Waals surface area contributed by atoms with Gasteiger partial charge in [-0.1, -0.05) is 30.3 Å². The fourth-order valence-electron chi connectivity index (χ4n) is 3.28. The average Bonchev–Trinajstić information content (AvgIpc) is 2.78. The van der Waals surface area contributed by atoms with Crippen molar-refractivity contribution >= 4 is 33.3 Å². The third-order valence-electron chi connectivity index (χ3n) is 4.92. The lowest BCUT2D eigenvalue weighted by Crippen LogP contribution is -2.40. The van der Waals surface area contributed by atoms with E-state index in [2.05, 4.69) is 20.7 Å². The van der Waals surface area contributed by atoms with Gasteiger partial charge in [-0.25, -0.2) is 17.9 Å². The summed E-state index contributed by atoms with van der Waals surface area (Å²) in [6, 6.07) is 21.4. The molecule has 1 unspecified atom stereocenters. The van der Waals surface area contributed by atoms with Gasteiger partial charge in [0.1, 0.15) is 0 Å². The highest BCUT2D eigenvalue weighted by molar-refractivity contribution is 7.89. The average molecular weight is 495 g/mol. The van der Waals surface area contributed by atoms with Crippen LogP contribution in [0.2, 0.25) is 0 Å². The van der Waals surface area contributed by atoms with E-state index < -0.39 is 15.6 Å². The maximum Gasteiger partial charge on any atom is 0.323 e. The van der Waals surface area contributed by atoms with Crippen molar-refractivity contribution < 1.29 is 18.0 Å². The zero-order valence-corrected chi connectivity index (χ0v) is 20.9. The van der Waals surface area contributed by atoms with Crippen molar-refractivity contribution in [3.05, 3.63) is 90.0 Å². The molecule has 8 nitrogen and oxygen atoms in total. The Balaban J connectivity index is 1.57. The molecular formula is C26H30N4O4S. The molecule has 0 fully saturated rings. The third-order valence-corrected chi connectivity index (χ3v) is 6.69. The predicted molar refractivity (Wildman–Crippen MR) is 138 cm³/mol. The Morgan fingerprint density at radius 2 is 1.31 bits per heavy atom. The summed E-state index contributed by atoms with van der Waals surface area (Å²) < 4.78 is 27.5. The molecule has 3 amide bonds. The maximum atomic E-state index is 12.7. The van der Waals surface area contributed by atoms with E-state index in [-0.39, 0.29) is 22.9 Å². The molecule has 0 bridgehead atoms. The predicted octanol–water partition coefficient (Wildman–Crippen LogP) is 4.90. The number of sulfonamides is 1. The Morgan fingerprint density at radius 1 is 0.771 bits per heavy atom. The van der Waals surface area contributed by atoms with E-state index in [0.29, 0.717) is 16.9 Å². The highest BCUT2D eigenvalue weighted by atomic mass is 32.2. The Morgan fingerprint density at radius 3 is 1.86 bits per heavy atom. The fraction of sp³-hybridized carbons (Fsp3) is 0.231. The lowest BCUT2D eigenvalue weighted by molar-refractivity contribution is 0.0939. The van der Waals surface area contributed by atoms with Crippen LogP contribution >= 0.6 is 0 Å². The number of anilines is 2. The molecular weight excluding hydrogens is 464 g/mol. The number of benzene rings is 3. The van der Waals surface area contributed by atoms with Crippen LogP contribution in [0.5, 0.6) is 0 Å². The number of rotatable bonds is 7. The number of carbonyl (C=O) groups is 2. The highest BCUT2D eigenvalue weighted by Gasteiger charge is 2.22. The van der Waals surface area contributed by atoms with Crippen molar-refractivity contribution in [1.82, 2.24) is 10.0 Å². The molecule has 0 saturated heterocycles. The van der Waals surface area contributed by atoms with Crippen LogP contribution in [0.25, 0.3) is 0 Å². The number of nitrogens with one attached hydrogen (secondary N) is 4. The van der Waals surface area contributed by atoms with Gasteiger partial charge in [0.2, 0.25) is 10.0 Å². The van der Waals surface area contributed by atoms with E-state index in [1.165, 1.54) is 24.3 Å². The lowest BCUT2D eigenvalue weighted by Gasteiger charge is -2.20. The Bertz CT molecular complexity index is 1270. The number of amides is 3. The standard InChI is InChI=1S/C26H30N4O4S/c1-18(19-10-14-22(15-11-19)29-25(32)28-21-8-6-5-7-9-21)27-24(31)20-12-16-23(17-13-20)35(33,34)30-26(2,3)4/h5-18,30H,1-4H3,(H,27,31)(H2,28,29,32). The first-order valence-corrected chi connectivity index (χ1v) is 12.6. The summed E-state index contributed by atoms with van der Waals surface area (Å²) in [7, 11) is -3.67. The molecule has 0 spiro atoms. The first kappa shape index (κ1) is 25.9. The number of urea groups is 1. The Kier molecular flexibility index (Phi) is 7.93. The van der Waals surface area contributed by atoms with E-state index in [4.69, 9.17) is 0 Å². The Hall–Kier alpha value is -3.69. The molecule has 0 heterocycles. The number of hydrogen-bond donors (Lipinski definition) is 4. The minimum atomic E-state index is -3.67. The summed E-state index contributed by atoms with van der Waals surface area (Å²) in [5, 5.41) is 8.41. The van der Waals surface area contributed by atoms with Crippen LogP contribution in [0, 0.1) is 0 Å². The first-order valence-electron chi connectivity index (χ1n) is 11.1. The van der Waals surface area contributed by atoms with Gasteiger partial charge in [-0.15, -0.1) is 0 Å². The molecule has 0 aliphatic carbocycles. The van der Waals surface area contributed by atoms with Crippen molar-refractivity contribution in [3.63, 3.8) is 0 Å². The van der Waals surface area contributed by atoms with Crippen LogP contribution in [0.15, 0.2) is 83.8 Å². The summed E-state index contributed by atoms with van der Waals surface area (Å²) in [5.74, 6) is -0.324. The van der Waals surface area contributed by atoms with Crippen LogP contribution in [0.3, 0.4) is 0 Å². The normalized spacial score (nSPS) is 12.5. The van der Waals surface area contributed by atoms with Gasteiger partial charge in [0.15, 0.2) is 0 Å². The maximum absolute atomic E-state index is 12.7. The molecule has 0 aliphatic rings. The molecule has 0 aliphatic heterocycles. The van der Waals surface area contributed by atoms with Crippen molar-refractivity contribution in [2.45, 2.75) is 44.2 Å². The minimum Gasteiger partial charge on any atom is -0.346 e. The van der Waals surface area contributed by atoms with Crippen LogP contribution in [-0.4, -0.2) is 25.9 Å². The molecule has 35 heavy (non-hydrogen) atoms. The van der Waals surface area contributed by atoms with Gasteiger partial charge in [0.25, 0.3) is 5.91 Å². The van der Waals surface area contributed by atoms with Crippen LogP contribution < -0.4 is 20.7 Å². The van der Waals surface area contributed by atoms with Gasteiger partial charge in [-0.2, -0.15) is 0 Å². The Labute approximate surface area is 206 Å². The second-order valence-corrected chi connectivity index (χ2v) is 10.8. The molecule has 3 aromatic carbocycles. The van der Waals surface area contributed by atoms with Gasteiger partial charge in [0.05, 0.1) is 10.9 Å². The van der Waals surface area contributed by atoms with Crippen LogP contribution in [0.4, 0.5) is 16.2 Å². The lowest BCUT2D eigenvalue weighted by atomic mass is 10.1. The third kappa shape index (κ3) is 7.66. The summed E-state index contributed by atoms with van der Waals surface area (Å²) in [6.45, 7) is 7.12. The topological polar surface area (TPSA) is 116 Å². The molecule has 3 rings (SSSR count). The molecule has 3 aromatic rings. The van der Waals surface area contributed by atoms with E-state index in [1.54, 1.807) is 45.0 Å². The van der Waals surface area contributed by atoms with Crippen LogP contribution in [-0.2, 0) is 10.0 Å². The van der Waals surface area contributed by atoms with Gasteiger partial charge in [-0.3, -0.25) is 4.79 Å². The zero-order valence-electron chi connectivity index (χ0n) is 20.1. The molecule has 4 N–H and O–H groups in total. The molecule has 0 aromatic heterocycles. The monoisotopic (exact) mass is 494 g/mol. The van der Waals surface area contributed by atoms with E-state index in [0.717, 1.165) is 5.56 Å². The summed E-state index contributed by atoms with van der Waals surface area (Å²) in [5.41, 5.74) is 1.89. The smallest absolute Gasteiger partial charge is 0.323 e. The van der Waals surface area contributed by atoms with Crippen molar-refractivity contribution in [2.24, 2.45) is 0 Å². The van der Waals surface area contributed by atoms with E-state index >= 15 is 0 Å². The van der Waals surface area contributed by atoms with Gasteiger partial charge in [0, 0.05) is 22.5 Å². The first-order chi connectivity index (χ1) is 16.4. The second-order valence-electron chi connectivity index (χ2n) is 9.14. The zero-order chi connectivity index (χ0) is 25.6. The molecule has 0 radical (unpaired) electrons. The summed E-state index contributed by atoms with van der Waals surface area (Å²) in [6.07, 6.45) is 0. The van der Waals surface area contributed by atoms with Gasteiger partial charge in [-0.05, 0) is 81.8 Å². The minimum absolute atomic E-state index is 0.0939. The van der Waals surface area contributed by atoms with Crippen molar-refractivity contribution in [2.75, 3.05) is 10.6 Å². The van der Waals surface area contributed by atoms with Crippen molar-refractivity contribution in [3.8, 4) is 0 Å². The van der Waals surface area contributed by atoms with Gasteiger partial charge < -0.3 is 16.0 Å². The summed E-state index contributed by atoms with van der Waals surface area (Å²) >= 11 is 0. The fourth-order valence-corrected chi connectivity index (χ4v) is 4.70. The number of para-hydroxylation sites is 1. The highest BCUT2D eigenvalue weighted by Crippen LogP contribution is 2.18. The SMILES string of the molecule is CC(NC(=O)c1ccc(S(=O)(=O)NC(C)(C)C)cc1)c1ccc(NC(=O)Nc2ccccc2)cc1. The van der Waals surface area contributed by atoms with Crippen LogP contribution in [0.1, 0.15) is 49.7 Å². The molecule has 9 heteroatoms. The largest absolute Gasteiger partial charge is 0.346 e. The van der Waals surface area contributed by atoms with E-state index in [1.807, 2.05) is 37.3 Å². The number of carbonyl (C=O) groups excluding carboxylic acids is 2.